The third kappa shape index (κ3) is 6.20. The fourth-order valence-electron chi connectivity index (χ4n) is 2.13. The van der Waals surface area contributed by atoms with E-state index >= 15 is 0 Å². The first-order valence-corrected chi connectivity index (χ1v) is 8.07. The van der Waals surface area contributed by atoms with Crippen LogP contribution in [-0.4, -0.2) is 10.9 Å². The average molecular weight is 481 g/mol. The Balaban J connectivity index is 0.00000243. The second-order valence-corrected chi connectivity index (χ2v) is 5.65. The van der Waals surface area contributed by atoms with Gasteiger partial charge in [0.05, 0.1) is 6.54 Å². The predicted molar refractivity (Wildman–Crippen MR) is 117 cm³/mol. The molecule has 26 heavy (non-hydrogen) atoms. The minimum atomic E-state index is 0. The molecule has 0 fully saturated rings. The largest absolute Gasteiger partial charge is 0.457 e. The van der Waals surface area contributed by atoms with Crippen LogP contribution in [0, 0.1) is 0 Å². The number of hydrogen-bond donors (Lipinski definition) is 2. The summed E-state index contributed by atoms with van der Waals surface area (Å²) in [7, 11) is 0. The van der Waals surface area contributed by atoms with Crippen molar-refractivity contribution in [2.75, 3.05) is 5.32 Å². The van der Waals surface area contributed by atoms with Crippen LogP contribution in [0.2, 0.25) is 5.15 Å². The molecule has 0 unspecified atom stereocenters. The lowest BCUT2D eigenvalue weighted by Crippen LogP contribution is -2.22. The number of aromatic nitrogens is 1. The molecule has 0 saturated carbocycles. The number of nitrogens with zero attached hydrogens (tertiary/aromatic N) is 2. The molecule has 3 aromatic rings. The second-order valence-electron chi connectivity index (χ2n) is 5.26. The van der Waals surface area contributed by atoms with Gasteiger partial charge < -0.3 is 15.8 Å². The molecular weight excluding hydrogens is 463 g/mol. The summed E-state index contributed by atoms with van der Waals surface area (Å²) in [5.74, 6) is 1.80. The number of guanidine groups is 1. The van der Waals surface area contributed by atoms with E-state index in [0.717, 1.165) is 17.0 Å². The van der Waals surface area contributed by atoms with E-state index in [9.17, 15) is 0 Å². The number of para-hydroxylation sites is 1. The third-order valence-electron chi connectivity index (χ3n) is 3.31. The van der Waals surface area contributed by atoms with Crippen molar-refractivity contribution in [2.24, 2.45) is 10.7 Å². The molecule has 1 aromatic heterocycles. The van der Waals surface area contributed by atoms with Gasteiger partial charge in [-0.2, -0.15) is 0 Å². The number of halogens is 2. The summed E-state index contributed by atoms with van der Waals surface area (Å²) < 4.78 is 5.80. The van der Waals surface area contributed by atoms with E-state index in [1.54, 1.807) is 12.3 Å². The van der Waals surface area contributed by atoms with Gasteiger partial charge in [0.1, 0.15) is 16.7 Å². The Bertz CT molecular complexity index is 857. The van der Waals surface area contributed by atoms with Crippen LogP contribution >= 0.6 is 35.6 Å². The molecule has 7 heteroatoms. The Morgan fingerprint density at radius 3 is 2.54 bits per heavy atom. The fraction of sp³-hybridized carbons (Fsp3) is 0.0526. The van der Waals surface area contributed by atoms with Crippen LogP contribution in [0.25, 0.3) is 0 Å². The molecule has 3 N–H and O–H groups in total. The molecular formula is C19H18ClIN4O. The van der Waals surface area contributed by atoms with Crippen LogP contribution in [0.1, 0.15) is 5.56 Å². The summed E-state index contributed by atoms with van der Waals surface area (Å²) in [4.78, 5) is 8.30. The monoisotopic (exact) mass is 480 g/mol. The number of rotatable bonds is 5. The number of pyridine rings is 1. The van der Waals surface area contributed by atoms with E-state index < -0.39 is 0 Å². The highest BCUT2D eigenvalue weighted by Gasteiger charge is 2.00. The highest BCUT2D eigenvalue weighted by Crippen LogP contribution is 2.23. The minimum Gasteiger partial charge on any atom is -0.457 e. The Hall–Kier alpha value is -2.32. The molecule has 1 heterocycles. The smallest absolute Gasteiger partial charge is 0.193 e. The van der Waals surface area contributed by atoms with Crippen molar-refractivity contribution in [3.63, 3.8) is 0 Å². The summed E-state index contributed by atoms with van der Waals surface area (Å²) in [6.45, 7) is 0.420. The van der Waals surface area contributed by atoms with Crippen molar-refractivity contribution in [1.82, 2.24) is 4.98 Å². The first kappa shape index (κ1) is 20.0. The molecule has 0 spiro atoms. The van der Waals surface area contributed by atoms with Gasteiger partial charge in [0.2, 0.25) is 0 Å². The Morgan fingerprint density at radius 2 is 1.81 bits per heavy atom. The van der Waals surface area contributed by atoms with Crippen LogP contribution < -0.4 is 15.8 Å². The zero-order valence-electron chi connectivity index (χ0n) is 13.8. The average Bonchev–Trinajstić information content (AvgIpc) is 2.62. The minimum absolute atomic E-state index is 0. The Kier molecular flexibility index (Phi) is 7.68. The van der Waals surface area contributed by atoms with Crippen LogP contribution in [-0.2, 0) is 6.54 Å². The molecule has 0 bridgehead atoms. The number of benzene rings is 2. The van der Waals surface area contributed by atoms with Gasteiger partial charge in [0.15, 0.2) is 5.96 Å². The first-order valence-electron chi connectivity index (χ1n) is 7.69. The second kappa shape index (κ2) is 9.98. The lowest BCUT2D eigenvalue weighted by atomic mass is 10.3. The fourth-order valence-corrected chi connectivity index (χ4v) is 2.24. The third-order valence-corrected chi connectivity index (χ3v) is 3.53. The first-order chi connectivity index (χ1) is 12.2. The summed E-state index contributed by atoms with van der Waals surface area (Å²) >= 11 is 5.76. The lowest BCUT2D eigenvalue weighted by Gasteiger charge is -2.09. The van der Waals surface area contributed by atoms with Gasteiger partial charge in [-0.1, -0.05) is 41.9 Å². The maximum absolute atomic E-state index is 5.94. The number of nitrogens with two attached hydrogens (primary N) is 1. The Labute approximate surface area is 174 Å². The zero-order chi connectivity index (χ0) is 17.5. The maximum Gasteiger partial charge on any atom is 0.193 e. The number of hydrogen-bond acceptors (Lipinski definition) is 3. The molecule has 0 aliphatic rings. The van der Waals surface area contributed by atoms with E-state index in [2.05, 4.69) is 15.3 Å². The van der Waals surface area contributed by atoms with E-state index in [4.69, 9.17) is 22.1 Å². The van der Waals surface area contributed by atoms with Gasteiger partial charge in [-0.25, -0.2) is 9.98 Å². The van der Waals surface area contributed by atoms with Crippen molar-refractivity contribution in [3.8, 4) is 11.5 Å². The maximum atomic E-state index is 5.94. The molecule has 5 nitrogen and oxygen atoms in total. The topological polar surface area (TPSA) is 72.5 Å². The number of ether oxygens (including phenoxy) is 1. The normalized spacial score (nSPS) is 10.7. The van der Waals surface area contributed by atoms with Gasteiger partial charge in [0, 0.05) is 18.0 Å². The van der Waals surface area contributed by atoms with Crippen LogP contribution in [0.4, 0.5) is 5.69 Å². The predicted octanol–water partition coefficient (Wildman–Crippen LogP) is 5.07. The van der Waals surface area contributed by atoms with Crippen molar-refractivity contribution < 1.29 is 4.74 Å². The Morgan fingerprint density at radius 1 is 1.04 bits per heavy atom. The molecule has 134 valence electrons. The van der Waals surface area contributed by atoms with Crippen LogP contribution in [0.5, 0.6) is 11.5 Å². The van der Waals surface area contributed by atoms with Gasteiger partial charge in [0.25, 0.3) is 0 Å². The van der Waals surface area contributed by atoms with Crippen molar-refractivity contribution in [1.29, 1.82) is 0 Å². The molecule has 0 saturated heterocycles. The summed E-state index contributed by atoms with van der Waals surface area (Å²) in [6.07, 6.45) is 1.67. The summed E-state index contributed by atoms with van der Waals surface area (Å²) in [6, 6.07) is 20.7. The quantitative estimate of drug-likeness (QED) is 0.231. The standard InChI is InChI=1S/C19H17ClN4O.HI/c20-18-10-9-14(12-22-18)13-23-19(21)24-15-5-4-8-17(11-15)25-16-6-2-1-3-7-16;/h1-12H,13H2,(H3,21,23,24);1H. The number of nitrogens with one attached hydrogen (secondary N) is 1. The van der Waals surface area contributed by atoms with Gasteiger partial charge >= 0.3 is 0 Å². The van der Waals surface area contributed by atoms with Crippen LogP contribution in [0.3, 0.4) is 0 Å². The molecule has 0 aliphatic heterocycles. The van der Waals surface area contributed by atoms with E-state index in [1.165, 1.54) is 0 Å². The van der Waals surface area contributed by atoms with Gasteiger partial charge in [-0.15, -0.1) is 24.0 Å². The number of anilines is 1. The SMILES string of the molecule is I.NC(=NCc1ccc(Cl)nc1)Nc1cccc(Oc2ccccc2)c1. The number of aliphatic imine (C=N–C) groups is 1. The molecule has 0 aliphatic carbocycles. The summed E-state index contributed by atoms with van der Waals surface area (Å²) in [5.41, 5.74) is 7.66. The van der Waals surface area contributed by atoms with Crippen molar-refractivity contribution >= 4 is 47.2 Å². The van der Waals surface area contributed by atoms with E-state index in [0.29, 0.717) is 23.4 Å². The van der Waals surface area contributed by atoms with E-state index in [1.807, 2.05) is 60.7 Å². The van der Waals surface area contributed by atoms with E-state index in [-0.39, 0.29) is 24.0 Å². The van der Waals surface area contributed by atoms with Crippen molar-refractivity contribution in [3.05, 3.63) is 83.6 Å². The molecule has 3 rings (SSSR count). The molecule has 0 atom stereocenters. The highest BCUT2D eigenvalue weighted by atomic mass is 127. The van der Waals surface area contributed by atoms with Gasteiger partial charge in [-0.3, -0.25) is 0 Å². The zero-order valence-corrected chi connectivity index (χ0v) is 16.9. The lowest BCUT2D eigenvalue weighted by molar-refractivity contribution is 0.483. The van der Waals surface area contributed by atoms with Crippen molar-refractivity contribution in [2.45, 2.75) is 6.54 Å². The highest BCUT2D eigenvalue weighted by molar-refractivity contribution is 14.0. The van der Waals surface area contributed by atoms with Crippen LogP contribution in [0.15, 0.2) is 77.9 Å². The molecule has 2 aromatic carbocycles. The molecule has 0 amide bonds. The molecule has 0 radical (unpaired) electrons. The van der Waals surface area contributed by atoms with Gasteiger partial charge in [-0.05, 0) is 35.9 Å². The summed E-state index contributed by atoms with van der Waals surface area (Å²) in [5, 5.41) is 3.50.